The molecular formula is C14H23N3O4. The van der Waals surface area contributed by atoms with E-state index in [1.165, 1.54) is 18.7 Å². The van der Waals surface area contributed by atoms with Gasteiger partial charge in [-0.25, -0.2) is 0 Å². The molecular weight excluding hydrogens is 274 g/mol. The van der Waals surface area contributed by atoms with Gasteiger partial charge in [0, 0.05) is 26.6 Å². The first-order valence-electron chi connectivity index (χ1n) is 7.32. The van der Waals surface area contributed by atoms with Crippen LogP contribution in [0.15, 0.2) is 0 Å². The molecule has 2 rings (SSSR count). The van der Waals surface area contributed by atoms with Crippen LogP contribution >= 0.6 is 0 Å². The molecule has 0 saturated carbocycles. The third kappa shape index (κ3) is 2.74. The first-order valence-corrected chi connectivity index (χ1v) is 7.32. The monoisotopic (exact) mass is 297 g/mol. The normalized spacial score (nSPS) is 24.2. The van der Waals surface area contributed by atoms with Gasteiger partial charge in [-0.1, -0.05) is 0 Å². The Balaban J connectivity index is 2.11. The van der Waals surface area contributed by atoms with Crippen LogP contribution in [0.3, 0.4) is 0 Å². The minimum atomic E-state index is -0.987. The molecule has 2 saturated heterocycles. The topological polar surface area (TPSA) is 104 Å². The van der Waals surface area contributed by atoms with Gasteiger partial charge in [0.2, 0.25) is 17.7 Å². The van der Waals surface area contributed by atoms with Crippen molar-refractivity contribution in [1.29, 1.82) is 0 Å². The summed E-state index contributed by atoms with van der Waals surface area (Å²) in [6.07, 6.45) is 0.869. The number of aliphatic hydroxyl groups excluding tert-OH is 1. The van der Waals surface area contributed by atoms with Gasteiger partial charge in [-0.3, -0.25) is 14.4 Å². The van der Waals surface area contributed by atoms with Gasteiger partial charge >= 0.3 is 0 Å². The highest BCUT2D eigenvalue weighted by Crippen LogP contribution is 2.42. The lowest BCUT2D eigenvalue weighted by Gasteiger charge is -2.38. The van der Waals surface area contributed by atoms with E-state index in [-0.39, 0.29) is 11.8 Å². The van der Waals surface area contributed by atoms with Crippen molar-refractivity contribution in [3.05, 3.63) is 0 Å². The Bertz CT molecular complexity index is 455. The van der Waals surface area contributed by atoms with Crippen LogP contribution in [-0.2, 0) is 14.4 Å². The van der Waals surface area contributed by atoms with E-state index >= 15 is 0 Å². The molecule has 2 aliphatic rings. The summed E-state index contributed by atoms with van der Waals surface area (Å²) in [5.74, 6) is -0.780. The Hall–Kier alpha value is -1.63. The zero-order valence-corrected chi connectivity index (χ0v) is 12.5. The number of hydrogen-bond donors (Lipinski definition) is 2. The molecule has 2 atom stereocenters. The third-order valence-corrected chi connectivity index (χ3v) is 4.80. The van der Waals surface area contributed by atoms with Crippen LogP contribution in [-0.4, -0.2) is 64.4 Å². The molecule has 2 heterocycles. The average molecular weight is 297 g/mol. The number of nitrogens with zero attached hydrogens (tertiary/aromatic N) is 2. The highest BCUT2D eigenvalue weighted by molar-refractivity contribution is 5.91. The van der Waals surface area contributed by atoms with Crippen LogP contribution in [0.4, 0.5) is 0 Å². The maximum Gasteiger partial charge on any atom is 0.242 e. The summed E-state index contributed by atoms with van der Waals surface area (Å²) in [5.41, 5.74) is 4.81. The zero-order valence-electron chi connectivity index (χ0n) is 12.5. The van der Waals surface area contributed by atoms with Gasteiger partial charge in [0.25, 0.3) is 0 Å². The minimum Gasteiger partial charge on any atom is -0.391 e. The van der Waals surface area contributed by atoms with Gasteiger partial charge in [0.15, 0.2) is 0 Å². The predicted molar refractivity (Wildman–Crippen MR) is 74.9 cm³/mol. The molecule has 0 aromatic heterocycles. The quantitative estimate of drug-likeness (QED) is 0.703. The first kappa shape index (κ1) is 15.8. The van der Waals surface area contributed by atoms with Crippen molar-refractivity contribution in [1.82, 2.24) is 9.80 Å². The van der Waals surface area contributed by atoms with Crippen LogP contribution < -0.4 is 5.73 Å². The number of likely N-dealkylation sites (tertiary alicyclic amines) is 2. The smallest absolute Gasteiger partial charge is 0.242 e. The summed E-state index contributed by atoms with van der Waals surface area (Å²) in [5, 5.41) is 9.71. The van der Waals surface area contributed by atoms with Crippen LogP contribution in [0, 0.1) is 5.41 Å². The number of carbonyl (C=O) groups excluding carboxylic acids is 3. The Kier molecular flexibility index (Phi) is 4.22. The Morgan fingerprint density at radius 3 is 2.19 bits per heavy atom. The molecule has 0 aromatic carbocycles. The number of carbonyl (C=O) groups is 3. The number of piperidine rings is 1. The van der Waals surface area contributed by atoms with E-state index in [2.05, 4.69) is 0 Å². The van der Waals surface area contributed by atoms with E-state index in [9.17, 15) is 19.5 Å². The van der Waals surface area contributed by atoms with Crippen LogP contribution in [0.2, 0.25) is 0 Å². The number of amides is 3. The number of rotatable bonds is 3. The Morgan fingerprint density at radius 1 is 1.24 bits per heavy atom. The lowest BCUT2D eigenvalue weighted by Crippen LogP contribution is -2.54. The van der Waals surface area contributed by atoms with Crippen molar-refractivity contribution in [2.75, 3.05) is 19.6 Å². The van der Waals surface area contributed by atoms with Crippen molar-refractivity contribution >= 4 is 17.7 Å². The molecule has 2 fully saturated rings. The molecule has 0 bridgehead atoms. The maximum atomic E-state index is 12.7. The molecule has 7 heteroatoms. The third-order valence-electron chi connectivity index (χ3n) is 4.80. The second-order valence-corrected chi connectivity index (χ2v) is 6.12. The summed E-state index contributed by atoms with van der Waals surface area (Å²) < 4.78 is 0. The molecule has 7 nitrogen and oxygen atoms in total. The van der Waals surface area contributed by atoms with E-state index in [1.807, 2.05) is 0 Å². The van der Waals surface area contributed by atoms with Gasteiger partial charge in [-0.2, -0.15) is 0 Å². The fraction of sp³-hybridized carbons (Fsp3) is 0.786. The fourth-order valence-electron chi connectivity index (χ4n) is 3.48. The van der Waals surface area contributed by atoms with Gasteiger partial charge < -0.3 is 20.6 Å². The first-order chi connectivity index (χ1) is 9.78. The largest absolute Gasteiger partial charge is 0.391 e. The number of hydrogen-bond acceptors (Lipinski definition) is 4. The second-order valence-electron chi connectivity index (χ2n) is 6.12. The van der Waals surface area contributed by atoms with Crippen LogP contribution in [0.1, 0.15) is 33.1 Å². The second kappa shape index (κ2) is 5.63. The summed E-state index contributed by atoms with van der Waals surface area (Å²) >= 11 is 0. The maximum absolute atomic E-state index is 12.7. The molecule has 2 aliphatic heterocycles. The Morgan fingerprint density at radius 2 is 1.76 bits per heavy atom. The van der Waals surface area contributed by atoms with E-state index in [0.717, 1.165) is 0 Å². The number of nitrogens with two attached hydrogens (primary N) is 1. The fourth-order valence-corrected chi connectivity index (χ4v) is 3.48. The summed E-state index contributed by atoms with van der Waals surface area (Å²) in [7, 11) is 0. The van der Waals surface area contributed by atoms with E-state index in [0.29, 0.717) is 38.9 Å². The SMILES string of the molecule is CC(=O)N1CCC2(CC1)CCN([C@H](C(N)=O)[C@@H](C)O)C2=O. The van der Waals surface area contributed by atoms with Gasteiger partial charge in [0.05, 0.1) is 11.5 Å². The van der Waals surface area contributed by atoms with Crippen molar-refractivity contribution in [2.45, 2.75) is 45.3 Å². The molecule has 3 N–H and O–H groups in total. The molecule has 0 unspecified atom stereocenters. The van der Waals surface area contributed by atoms with Gasteiger partial charge in [0.1, 0.15) is 6.04 Å². The van der Waals surface area contributed by atoms with Crippen molar-refractivity contribution in [3.63, 3.8) is 0 Å². The Labute approximate surface area is 124 Å². The molecule has 0 radical (unpaired) electrons. The molecule has 3 amide bonds. The number of aliphatic hydroxyl groups is 1. The summed E-state index contributed by atoms with van der Waals surface area (Å²) in [6, 6.07) is -0.970. The van der Waals surface area contributed by atoms with Crippen LogP contribution in [0.25, 0.3) is 0 Å². The zero-order chi connectivity index (χ0) is 15.8. The lowest BCUT2D eigenvalue weighted by atomic mass is 9.77. The summed E-state index contributed by atoms with van der Waals surface area (Å²) in [6.45, 7) is 4.54. The van der Waals surface area contributed by atoms with E-state index in [4.69, 9.17) is 5.73 Å². The predicted octanol–water partition coefficient (Wildman–Crippen LogP) is -0.918. The number of primary amides is 1. The molecule has 118 valence electrons. The molecule has 1 spiro atoms. The van der Waals surface area contributed by atoms with Crippen molar-refractivity contribution in [3.8, 4) is 0 Å². The van der Waals surface area contributed by atoms with Crippen LogP contribution in [0.5, 0.6) is 0 Å². The molecule has 21 heavy (non-hydrogen) atoms. The minimum absolute atomic E-state index is 0.0196. The summed E-state index contributed by atoms with van der Waals surface area (Å²) in [4.78, 5) is 38.7. The highest BCUT2D eigenvalue weighted by atomic mass is 16.3. The van der Waals surface area contributed by atoms with Gasteiger partial charge in [-0.15, -0.1) is 0 Å². The molecule has 0 aromatic rings. The van der Waals surface area contributed by atoms with E-state index in [1.54, 1.807) is 4.90 Å². The van der Waals surface area contributed by atoms with Crippen molar-refractivity contribution in [2.24, 2.45) is 11.1 Å². The highest BCUT2D eigenvalue weighted by Gasteiger charge is 2.51. The molecule has 0 aliphatic carbocycles. The van der Waals surface area contributed by atoms with E-state index < -0.39 is 23.5 Å². The lowest BCUT2D eigenvalue weighted by molar-refractivity contribution is -0.148. The van der Waals surface area contributed by atoms with Crippen molar-refractivity contribution < 1.29 is 19.5 Å². The standard InChI is InChI=1S/C14H23N3O4/c1-9(18)11(12(15)20)17-8-5-14(13(17)21)3-6-16(7-4-14)10(2)19/h9,11,18H,3-8H2,1-2H3,(H2,15,20)/t9-,11+/m1/s1. The average Bonchev–Trinajstić information content (AvgIpc) is 2.69. The van der Waals surface area contributed by atoms with Gasteiger partial charge in [-0.05, 0) is 26.2 Å².